The van der Waals surface area contributed by atoms with Crippen LogP contribution >= 0.6 is 11.6 Å². The van der Waals surface area contributed by atoms with Crippen LogP contribution in [-0.2, 0) is 10.0 Å². The number of amides is 1. The summed E-state index contributed by atoms with van der Waals surface area (Å²) in [7, 11) is -3.94. The standard InChI is InChI=1S/C25H22ClN3O4S/c26-19-16-21-23(34(31,32)28-24-13-5-2-8-14-29(21)24)15-18(19)25(30)27-20-11-6-7-12-22(20)33-17-9-3-1-4-10-17/h1,3-4,6-7,9-12,15-16H,2,5,8,13-14H2,(H,27,30). The number of hydrogen-bond donors (Lipinski definition) is 1. The van der Waals surface area contributed by atoms with Gasteiger partial charge in [-0.3, -0.25) is 4.79 Å². The van der Waals surface area contributed by atoms with Crippen LogP contribution in [0.4, 0.5) is 11.4 Å². The average molecular weight is 496 g/mol. The van der Waals surface area contributed by atoms with Crippen LogP contribution in [0.2, 0.25) is 5.02 Å². The van der Waals surface area contributed by atoms with Gasteiger partial charge in [0.25, 0.3) is 15.9 Å². The molecule has 0 bridgehead atoms. The Labute approximate surface area is 203 Å². The number of hydrogen-bond acceptors (Lipinski definition) is 5. The number of nitrogens with zero attached hydrogens (tertiary/aromatic N) is 2. The number of nitrogens with one attached hydrogen (secondary N) is 1. The van der Waals surface area contributed by atoms with Crippen molar-refractivity contribution in [1.29, 1.82) is 0 Å². The molecular weight excluding hydrogens is 474 g/mol. The van der Waals surface area contributed by atoms with Crippen LogP contribution in [0.25, 0.3) is 0 Å². The van der Waals surface area contributed by atoms with E-state index < -0.39 is 15.9 Å². The SMILES string of the molecule is O=C(Nc1ccccc1Oc1ccccc1)c1cc2c(cc1Cl)N1CCCCCC1=NS2(=O)=O. The Kier molecular flexibility index (Phi) is 6.02. The number of carbonyl (C=O) groups excluding carboxylic acids is 1. The molecule has 0 radical (unpaired) electrons. The van der Waals surface area contributed by atoms with Crippen molar-refractivity contribution in [3.05, 3.63) is 77.3 Å². The number of amidine groups is 1. The molecule has 174 valence electrons. The fraction of sp³-hybridized carbons (Fsp3) is 0.200. The van der Waals surface area contributed by atoms with Crippen molar-refractivity contribution in [2.24, 2.45) is 4.40 Å². The van der Waals surface area contributed by atoms with E-state index in [1.807, 2.05) is 23.1 Å². The van der Waals surface area contributed by atoms with Gasteiger partial charge in [0.05, 0.1) is 22.0 Å². The first-order chi connectivity index (χ1) is 16.4. The summed E-state index contributed by atoms with van der Waals surface area (Å²) in [5.74, 6) is 1.05. The summed E-state index contributed by atoms with van der Waals surface area (Å²) in [5, 5.41) is 2.96. The summed E-state index contributed by atoms with van der Waals surface area (Å²) in [4.78, 5) is 15.1. The molecule has 1 N–H and O–H groups in total. The van der Waals surface area contributed by atoms with Gasteiger partial charge in [-0.1, -0.05) is 48.4 Å². The van der Waals surface area contributed by atoms with Crippen molar-refractivity contribution >= 4 is 44.7 Å². The highest BCUT2D eigenvalue weighted by Gasteiger charge is 2.33. The minimum Gasteiger partial charge on any atom is -0.455 e. The fourth-order valence-electron chi connectivity index (χ4n) is 4.13. The topological polar surface area (TPSA) is 88.1 Å². The van der Waals surface area contributed by atoms with Crippen LogP contribution in [0, 0.1) is 0 Å². The second kappa shape index (κ2) is 9.12. The van der Waals surface area contributed by atoms with Gasteiger partial charge >= 0.3 is 0 Å². The highest BCUT2D eigenvalue weighted by molar-refractivity contribution is 7.90. The molecule has 1 fully saturated rings. The molecule has 9 heteroatoms. The summed E-state index contributed by atoms with van der Waals surface area (Å²) in [6.45, 7) is 0.660. The van der Waals surface area contributed by atoms with Crippen LogP contribution in [0.5, 0.6) is 11.5 Å². The van der Waals surface area contributed by atoms with Gasteiger partial charge in [-0.25, -0.2) is 0 Å². The van der Waals surface area contributed by atoms with E-state index in [1.54, 1.807) is 42.5 Å². The Bertz CT molecular complexity index is 1390. The lowest BCUT2D eigenvalue weighted by atomic mass is 10.1. The van der Waals surface area contributed by atoms with E-state index in [9.17, 15) is 13.2 Å². The van der Waals surface area contributed by atoms with Crippen LogP contribution in [-0.4, -0.2) is 26.7 Å². The van der Waals surface area contributed by atoms with E-state index in [4.69, 9.17) is 16.3 Å². The minimum atomic E-state index is -3.94. The second-order valence-electron chi connectivity index (χ2n) is 8.11. The molecule has 0 aliphatic carbocycles. The lowest BCUT2D eigenvalue weighted by molar-refractivity contribution is 0.102. The van der Waals surface area contributed by atoms with E-state index >= 15 is 0 Å². The van der Waals surface area contributed by atoms with Gasteiger partial charge in [0.15, 0.2) is 5.75 Å². The number of fused-ring (bicyclic) bond motifs is 3. The molecule has 0 aromatic heterocycles. The van der Waals surface area contributed by atoms with Gasteiger partial charge in [-0.15, -0.1) is 4.40 Å². The van der Waals surface area contributed by atoms with Gasteiger partial charge in [0.1, 0.15) is 16.5 Å². The quantitative estimate of drug-likeness (QED) is 0.489. The van der Waals surface area contributed by atoms with Gasteiger partial charge in [0.2, 0.25) is 0 Å². The molecule has 1 amide bonds. The number of benzene rings is 3. The summed E-state index contributed by atoms with van der Waals surface area (Å²) in [6, 6.07) is 19.1. The molecule has 2 aliphatic rings. The molecule has 7 nitrogen and oxygen atoms in total. The maximum Gasteiger partial charge on any atom is 0.286 e. The Morgan fingerprint density at radius 1 is 1.00 bits per heavy atom. The summed E-state index contributed by atoms with van der Waals surface area (Å²) < 4.78 is 35.8. The first-order valence-corrected chi connectivity index (χ1v) is 12.8. The minimum absolute atomic E-state index is 0.0125. The molecule has 2 heterocycles. The van der Waals surface area contributed by atoms with Crippen molar-refractivity contribution in [3.63, 3.8) is 0 Å². The number of halogens is 1. The van der Waals surface area contributed by atoms with Gasteiger partial charge in [0, 0.05) is 13.0 Å². The Morgan fingerprint density at radius 3 is 2.59 bits per heavy atom. The van der Waals surface area contributed by atoms with Crippen molar-refractivity contribution in [2.75, 3.05) is 16.8 Å². The van der Waals surface area contributed by atoms with Crippen molar-refractivity contribution in [3.8, 4) is 11.5 Å². The lowest BCUT2D eigenvalue weighted by Crippen LogP contribution is -2.35. The van der Waals surface area contributed by atoms with Crippen LogP contribution in [0.3, 0.4) is 0 Å². The van der Waals surface area contributed by atoms with Crippen molar-refractivity contribution in [2.45, 2.75) is 30.6 Å². The third-order valence-corrected chi connectivity index (χ3v) is 7.43. The smallest absolute Gasteiger partial charge is 0.286 e. The Balaban J connectivity index is 1.47. The molecular formula is C25H22ClN3O4S. The van der Waals surface area contributed by atoms with E-state index in [0.29, 0.717) is 41.7 Å². The van der Waals surface area contributed by atoms with Gasteiger partial charge < -0.3 is 15.0 Å². The number of para-hydroxylation sites is 3. The Hall–Kier alpha value is -3.36. The third kappa shape index (κ3) is 4.38. The molecule has 34 heavy (non-hydrogen) atoms. The first kappa shape index (κ1) is 22.4. The molecule has 0 atom stereocenters. The average Bonchev–Trinajstić information content (AvgIpc) is 3.05. The van der Waals surface area contributed by atoms with E-state index in [1.165, 1.54) is 6.07 Å². The van der Waals surface area contributed by atoms with Crippen LogP contribution in [0.15, 0.2) is 76.0 Å². The maximum absolute atomic E-state index is 13.2. The number of sulfonamides is 1. The maximum atomic E-state index is 13.2. The zero-order valence-electron chi connectivity index (χ0n) is 18.2. The van der Waals surface area contributed by atoms with Crippen molar-refractivity contribution in [1.82, 2.24) is 0 Å². The largest absolute Gasteiger partial charge is 0.455 e. The molecule has 0 spiro atoms. The zero-order chi connectivity index (χ0) is 23.7. The molecule has 3 aromatic rings. The van der Waals surface area contributed by atoms with Gasteiger partial charge in [-0.05, 0) is 49.2 Å². The Morgan fingerprint density at radius 2 is 1.76 bits per heavy atom. The number of anilines is 2. The number of ether oxygens (including phenoxy) is 1. The second-order valence-corrected chi connectivity index (χ2v) is 10.1. The number of rotatable bonds is 4. The molecule has 1 saturated heterocycles. The van der Waals surface area contributed by atoms with E-state index in [-0.39, 0.29) is 15.5 Å². The molecule has 0 unspecified atom stereocenters. The highest BCUT2D eigenvalue weighted by atomic mass is 35.5. The normalized spacial score (nSPS) is 16.5. The fourth-order valence-corrected chi connectivity index (χ4v) is 5.64. The molecule has 5 rings (SSSR count). The van der Waals surface area contributed by atoms with E-state index in [2.05, 4.69) is 9.71 Å². The summed E-state index contributed by atoms with van der Waals surface area (Å²) >= 11 is 6.50. The van der Waals surface area contributed by atoms with Crippen LogP contribution in [0.1, 0.15) is 36.0 Å². The lowest BCUT2D eigenvalue weighted by Gasteiger charge is -2.30. The molecule has 2 aliphatic heterocycles. The highest BCUT2D eigenvalue weighted by Crippen LogP contribution is 2.38. The third-order valence-electron chi connectivity index (χ3n) is 5.79. The summed E-state index contributed by atoms with van der Waals surface area (Å²) in [6.07, 6.45) is 3.41. The van der Waals surface area contributed by atoms with Gasteiger partial charge in [-0.2, -0.15) is 8.42 Å². The first-order valence-electron chi connectivity index (χ1n) is 11.0. The van der Waals surface area contributed by atoms with Crippen LogP contribution < -0.4 is 15.0 Å². The predicted octanol–water partition coefficient (Wildman–Crippen LogP) is 5.87. The van der Waals surface area contributed by atoms with Crippen molar-refractivity contribution < 1.29 is 17.9 Å². The zero-order valence-corrected chi connectivity index (χ0v) is 19.8. The number of carbonyl (C=O) groups is 1. The van der Waals surface area contributed by atoms with E-state index in [0.717, 1.165) is 19.3 Å². The molecule has 0 saturated carbocycles. The molecule has 3 aromatic carbocycles. The monoisotopic (exact) mass is 495 g/mol. The predicted molar refractivity (Wildman–Crippen MR) is 133 cm³/mol. The summed E-state index contributed by atoms with van der Waals surface area (Å²) in [5.41, 5.74) is 0.953.